The van der Waals surface area contributed by atoms with Crippen molar-refractivity contribution in [3.63, 3.8) is 0 Å². The topological polar surface area (TPSA) is 44.7 Å². The zero-order valence-corrected chi connectivity index (χ0v) is 12.5. The van der Waals surface area contributed by atoms with E-state index >= 15 is 0 Å². The molecule has 0 N–H and O–H groups in total. The van der Waals surface area contributed by atoms with Gasteiger partial charge in [-0.2, -0.15) is 9.83 Å². The highest BCUT2D eigenvalue weighted by Gasteiger charge is 2.12. The van der Waals surface area contributed by atoms with Crippen LogP contribution in [0.5, 0.6) is 0 Å². The predicted molar refractivity (Wildman–Crippen MR) is 87.6 cm³/mol. The summed E-state index contributed by atoms with van der Waals surface area (Å²) in [7, 11) is 0. The second-order valence-electron chi connectivity index (χ2n) is 5.24. The van der Waals surface area contributed by atoms with Gasteiger partial charge in [0.2, 0.25) is 12.3 Å². The molecule has 0 aliphatic rings. The minimum Gasteiger partial charge on any atom is -0.287 e. The van der Waals surface area contributed by atoms with Gasteiger partial charge in [-0.25, -0.2) is 0 Å². The zero-order valence-electron chi connectivity index (χ0n) is 12.5. The molecule has 3 heteroatoms. The molecule has 0 aliphatic heterocycles. The fourth-order valence-corrected chi connectivity index (χ4v) is 2.42. The molecule has 0 amide bonds. The number of Topliss-reactive ketones (excluding diaryl/α,β-unsaturated/α-hetero) is 1. The highest BCUT2D eigenvalue weighted by atomic mass is 16.1. The number of aromatic nitrogens is 1. The highest BCUT2D eigenvalue weighted by molar-refractivity contribution is 5.95. The fourth-order valence-electron chi connectivity index (χ4n) is 2.42. The van der Waals surface area contributed by atoms with Gasteiger partial charge < -0.3 is 0 Å². The lowest BCUT2D eigenvalue weighted by Gasteiger charge is -2.03. The summed E-state index contributed by atoms with van der Waals surface area (Å²) in [5, 5.41) is 8.90. The van der Waals surface area contributed by atoms with Crippen LogP contribution in [-0.4, -0.2) is 5.78 Å². The minimum atomic E-state index is 0.0182. The summed E-state index contributed by atoms with van der Waals surface area (Å²) in [5.74, 6) is 0.0182. The number of hydrogen-bond donors (Lipinski definition) is 0. The first-order valence-corrected chi connectivity index (χ1v) is 7.34. The van der Waals surface area contributed by atoms with Crippen molar-refractivity contribution in [3.8, 4) is 17.2 Å². The monoisotopic (exact) mass is 299 g/mol. The number of carbonyl (C=O) groups excluding carboxylic acids is 1. The number of hydrogen-bond acceptors (Lipinski definition) is 2. The summed E-state index contributed by atoms with van der Waals surface area (Å²) in [6.07, 6.45) is 3.47. The second kappa shape index (κ2) is 6.67. The Kier molecular flexibility index (Phi) is 4.26. The normalized spacial score (nSPS) is 10.0. The van der Waals surface area contributed by atoms with Crippen molar-refractivity contribution in [1.29, 1.82) is 5.26 Å². The van der Waals surface area contributed by atoms with Gasteiger partial charge in [0.15, 0.2) is 12.4 Å². The molecule has 0 saturated heterocycles. The summed E-state index contributed by atoms with van der Waals surface area (Å²) in [6, 6.07) is 23.2. The van der Waals surface area contributed by atoms with Crippen molar-refractivity contribution >= 4 is 5.78 Å². The Morgan fingerprint density at radius 2 is 1.61 bits per heavy atom. The smallest absolute Gasteiger partial charge is 0.227 e. The van der Waals surface area contributed by atoms with Crippen LogP contribution in [0, 0.1) is 11.3 Å². The molecular weight excluding hydrogens is 284 g/mol. The molecule has 1 heterocycles. The van der Waals surface area contributed by atoms with Crippen molar-refractivity contribution in [2.45, 2.75) is 6.54 Å². The lowest BCUT2D eigenvalue weighted by Crippen LogP contribution is -2.37. The number of ketones is 1. The molecule has 3 aromatic rings. The van der Waals surface area contributed by atoms with Gasteiger partial charge in [-0.05, 0) is 17.2 Å². The van der Waals surface area contributed by atoms with Crippen molar-refractivity contribution in [1.82, 2.24) is 0 Å². The molecule has 110 valence electrons. The van der Waals surface area contributed by atoms with Gasteiger partial charge in [0.05, 0.1) is 0 Å². The summed E-state index contributed by atoms with van der Waals surface area (Å²) in [6.45, 7) is 0.222. The number of carbonyl (C=O) groups is 1. The van der Waals surface area contributed by atoms with Gasteiger partial charge >= 0.3 is 0 Å². The van der Waals surface area contributed by atoms with Crippen LogP contribution in [0.1, 0.15) is 15.9 Å². The maximum Gasteiger partial charge on any atom is 0.227 e. The molecule has 2 aromatic carbocycles. The highest BCUT2D eigenvalue weighted by Crippen LogP contribution is 2.19. The quantitative estimate of drug-likeness (QED) is 0.547. The molecule has 23 heavy (non-hydrogen) atoms. The third-order valence-electron chi connectivity index (χ3n) is 3.63. The standard InChI is InChI=1S/C20H15N2O/c21-13-16-5-4-12-22(14-16)15-20(23)19-10-8-18(9-11-19)17-6-2-1-3-7-17/h1-12,14H,15H2/q+1. The van der Waals surface area contributed by atoms with E-state index in [0.717, 1.165) is 11.1 Å². The first-order chi connectivity index (χ1) is 11.3. The van der Waals surface area contributed by atoms with E-state index in [0.29, 0.717) is 11.1 Å². The first-order valence-electron chi connectivity index (χ1n) is 7.34. The average Bonchev–Trinajstić information content (AvgIpc) is 2.63. The Labute approximate surface area is 135 Å². The van der Waals surface area contributed by atoms with Crippen molar-refractivity contribution < 1.29 is 9.36 Å². The van der Waals surface area contributed by atoms with Gasteiger partial charge in [0.1, 0.15) is 11.6 Å². The number of nitriles is 1. The van der Waals surface area contributed by atoms with E-state index < -0.39 is 0 Å². The Balaban J connectivity index is 1.77. The molecule has 0 fully saturated rings. The second-order valence-corrected chi connectivity index (χ2v) is 5.24. The van der Waals surface area contributed by atoms with Crippen molar-refractivity contribution in [2.24, 2.45) is 0 Å². The van der Waals surface area contributed by atoms with Crippen LogP contribution >= 0.6 is 0 Å². The van der Waals surface area contributed by atoms with Crippen LogP contribution in [0.2, 0.25) is 0 Å². The molecule has 0 unspecified atom stereocenters. The lowest BCUT2D eigenvalue weighted by atomic mass is 10.0. The van der Waals surface area contributed by atoms with E-state index in [4.69, 9.17) is 5.26 Å². The summed E-state index contributed by atoms with van der Waals surface area (Å²) in [5.41, 5.74) is 3.42. The van der Waals surface area contributed by atoms with E-state index in [1.54, 1.807) is 29.1 Å². The molecule has 0 bridgehead atoms. The van der Waals surface area contributed by atoms with Crippen LogP contribution < -0.4 is 4.57 Å². The van der Waals surface area contributed by atoms with E-state index in [9.17, 15) is 4.79 Å². The van der Waals surface area contributed by atoms with Crippen LogP contribution in [0.3, 0.4) is 0 Å². The summed E-state index contributed by atoms with van der Waals surface area (Å²) in [4.78, 5) is 12.4. The summed E-state index contributed by atoms with van der Waals surface area (Å²) >= 11 is 0. The molecule has 0 saturated carbocycles. The molecule has 3 nitrogen and oxygen atoms in total. The van der Waals surface area contributed by atoms with E-state index in [2.05, 4.69) is 6.07 Å². The van der Waals surface area contributed by atoms with Crippen LogP contribution in [0.15, 0.2) is 79.1 Å². The van der Waals surface area contributed by atoms with Gasteiger partial charge in [0.25, 0.3) is 0 Å². The number of benzene rings is 2. The Morgan fingerprint density at radius 1 is 0.913 bits per heavy atom. The Hall–Kier alpha value is -3.25. The largest absolute Gasteiger partial charge is 0.287 e. The SMILES string of the molecule is N#Cc1ccc[n+](CC(=O)c2ccc(-c3ccccc3)cc2)c1. The predicted octanol–water partition coefficient (Wildman–Crippen LogP) is 3.40. The van der Waals surface area contributed by atoms with Crippen LogP contribution in [0.25, 0.3) is 11.1 Å². The maximum atomic E-state index is 12.4. The van der Waals surface area contributed by atoms with Gasteiger partial charge in [0, 0.05) is 11.6 Å². The maximum absolute atomic E-state index is 12.4. The number of nitrogens with zero attached hydrogens (tertiary/aromatic N) is 2. The third kappa shape index (κ3) is 3.50. The number of rotatable bonds is 4. The minimum absolute atomic E-state index is 0.0182. The van der Waals surface area contributed by atoms with Gasteiger partial charge in [-0.15, -0.1) is 0 Å². The van der Waals surface area contributed by atoms with E-state index in [-0.39, 0.29) is 12.3 Å². The molecule has 0 spiro atoms. The third-order valence-corrected chi connectivity index (χ3v) is 3.63. The fraction of sp³-hybridized carbons (Fsp3) is 0.0500. The Bertz CT molecular complexity index is 862. The average molecular weight is 299 g/mol. The van der Waals surface area contributed by atoms with Crippen molar-refractivity contribution in [2.75, 3.05) is 0 Å². The number of pyridine rings is 1. The Morgan fingerprint density at radius 3 is 2.30 bits per heavy atom. The first kappa shape index (κ1) is 14.7. The van der Waals surface area contributed by atoms with E-state index in [1.807, 2.05) is 54.6 Å². The summed E-state index contributed by atoms with van der Waals surface area (Å²) < 4.78 is 1.73. The van der Waals surface area contributed by atoms with Crippen LogP contribution in [-0.2, 0) is 6.54 Å². The van der Waals surface area contributed by atoms with Gasteiger partial charge in [-0.1, -0.05) is 54.6 Å². The molecule has 0 radical (unpaired) electrons. The van der Waals surface area contributed by atoms with Gasteiger partial charge in [-0.3, -0.25) is 4.79 Å². The molecule has 0 aliphatic carbocycles. The van der Waals surface area contributed by atoms with Crippen molar-refractivity contribution in [3.05, 3.63) is 90.3 Å². The van der Waals surface area contributed by atoms with Crippen LogP contribution in [0.4, 0.5) is 0 Å². The molecule has 1 aromatic heterocycles. The zero-order chi connectivity index (χ0) is 16.1. The molecule has 3 rings (SSSR count). The van der Waals surface area contributed by atoms with E-state index in [1.165, 1.54) is 0 Å². The lowest BCUT2D eigenvalue weighted by molar-refractivity contribution is -0.683. The molecular formula is C20H15N2O+. The molecule has 0 atom stereocenters.